The molecule has 0 spiro atoms. The van der Waals surface area contributed by atoms with E-state index < -0.39 is 26.2 Å². The normalized spacial score (nSPS) is 18.2. The Kier molecular flexibility index (Phi) is 13.2. The summed E-state index contributed by atoms with van der Waals surface area (Å²) >= 11 is 8.65. The molecule has 2 aromatic heterocycles. The van der Waals surface area contributed by atoms with Crippen molar-refractivity contribution in [2.24, 2.45) is 0 Å². The zero-order chi connectivity index (χ0) is 42.6. The van der Waals surface area contributed by atoms with E-state index in [1.54, 1.807) is 64.5 Å². The van der Waals surface area contributed by atoms with E-state index in [1.165, 1.54) is 71.6 Å². The average Bonchev–Trinajstić information content (AvgIpc) is 4.09. The van der Waals surface area contributed by atoms with Gasteiger partial charge in [-0.15, -0.1) is 35.8 Å². The average molecular weight is 909 g/mol. The maximum absolute atomic E-state index is 13.3. The van der Waals surface area contributed by atoms with Gasteiger partial charge in [0.1, 0.15) is 6.10 Å². The predicted molar refractivity (Wildman–Crippen MR) is 236 cm³/mol. The van der Waals surface area contributed by atoms with Crippen molar-refractivity contribution in [3.63, 3.8) is 0 Å². The van der Waals surface area contributed by atoms with Crippen LogP contribution in [0.25, 0.3) is 0 Å². The number of aliphatic hydroxyl groups excluding tert-OH is 1. The molecular formula is C41H42ClN7O7S4. The number of carbonyl (C=O) groups excluding carboxylic acids is 2. The van der Waals surface area contributed by atoms with Crippen LogP contribution in [0.3, 0.4) is 0 Å². The van der Waals surface area contributed by atoms with Crippen molar-refractivity contribution >= 4 is 87.8 Å². The highest BCUT2D eigenvalue weighted by Gasteiger charge is 2.38. The third-order valence-electron chi connectivity index (χ3n) is 10.3. The van der Waals surface area contributed by atoms with Gasteiger partial charge in [0, 0.05) is 72.2 Å². The van der Waals surface area contributed by atoms with Gasteiger partial charge < -0.3 is 14.9 Å². The summed E-state index contributed by atoms with van der Waals surface area (Å²) in [4.78, 5) is 39.1. The Morgan fingerprint density at radius 2 is 1.25 bits per heavy atom. The van der Waals surface area contributed by atoms with Gasteiger partial charge in [-0.1, -0.05) is 29.8 Å². The van der Waals surface area contributed by atoms with Crippen LogP contribution in [-0.4, -0.2) is 93.5 Å². The van der Waals surface area contributed by atoms with Gasteiger partial charge in [-0.2, -0.15) is 0 Å². The van der Waals surface area contributed by atoms with Crippen LogP contribution >= 0.6 is 34.3 Å². The van der Waals surface area contributed by atoms with Crippen molar-refractivity contribution in [3.8, 4) is 0 Å². The number of carbonyl (C=O) groups is 2. The van der Waals surface area contributed by atoms with E-state index in [2.05, 4.69) is 34.1 Å². The molecule has 0 aliphatic carbocycles. The lowest BCUT2D eigenvalue weighted by atomic mass is 9.98. The summed E-state index contributed by atoms with van der Waals surface area (Å²) in [6.45, 7) is 10.0. The molecule has 2 saturated heterocycles. The molecule has 60 heavy (non-hydrogen) atoms. The number of rotatable bonds is 13. The molecule has 2 fully saturated rings. The minimum absolute atomic E-state index is 0.0437. The van der Waals surface area contributed by atoms with Crippen molar-refractivity contribution < 1.29 is 31.5 Å². The molecule has 3 aromatic carbocycles. The first-order valence-corrected chi connectivity index (χ1v) is 23.9. The Morgan fingerprint density at radius 1 is 0.733 bits per heavy atom. The Bertz CT molecular complexity index is 2560. The largest absolute Gasteiger partial charge is 0.383 e. The van der Waals surface area contributed by atoms with Crippen molar-refractivity contribution in [1.29, 1.82) is 0 Å². The summed E-state index contributed by atoms with van der Waals surface area (Å²) in [7, 11) is -7.61. The van der Waals surface area contributed by atoms with E-state index >= 15 is 0 Å². The molecule has 3 aliphatic rings. The Hall–Kier alpha value is -4.95. The number of sulfonamides is 2. The molecule has 2 atom stereocenters. The molecule has 5 heterocycles. The van der Waals surface area contributed by atoms with E-state index in [4.69, 9.17) is 11.6 Å². The summed E-state index contributed by atoms with van der Waals surface area (Å²) in [6.07, 6.45) is 7.14. The molecular weight excluding hydrogens is 866 g/mol. The number of nitrogens with zero attached hydrogens (tertiary/aromatic N) is 7. The van der Waals surface area contributed by atoms with E-state index in [0.717, 1.165) is 19.4 Å². The lowest BCUT2D eigenvalue weighted by Crippen LogP contribution is -2.44. The molecule has 0 radical (unpaired) electrons. The number of hydrogen-bond donors (Lipinski definition) is 1. The monoisotopic (exact) mass is 907 g/mol. The standard InChI is InChI=1S/C25H25ClN4O3S2.C16H17N3O4S2/c1-2-12-30(25-27-11-15-34-25)35(32,33)22-7-5-21(6-8-22)29-14-10-23(24(29)31)28-13-9-18-3-4-20(26)16-19(18)17-28;1-2-9-19(16-17-8-11-24-16)25(22,23)13-5-3-12(4-6-13)18-10-7-14(20)15(18)21/h2-8,11,15-16,23H,1,9-10,12-14,17H2;2-6,8,11,14,20H,1,7,9-10H2/t23-;14-/m01/s1. The van der Waals surface area contributed by atoms with Crippen molar-refractivity contribution in [3.05, 3.63) is 131 Å². The number of halogens is 1. The second kappa shape index (κ2) is 18.3. The lowest BCUT2D eigenvalue weighted by Gasteiger charge is -2.32. The van der Waals surface area contributed by atoms with E-state index in [-0.39, 0.29) is 40.7 Å². The van der Waals surface area contributed by atoms with Crippen molar-refractivity contribution in [2.45, 2.75) is 47.7 Å². The molecule has 14 nitrogen and oxygen atoms in total. The maximum atomic E-state index is 13.3. The van der Waals surface area contributed by atoms with E-state index in [9.17, 15) is 31.5 Å². The van der Waals surface area contributed by atoms with Crippen molar-refractivity contribution in [2.75, 3.05) is 51.1 Å². The minimum Gasteiger partial charge on any atom is -0.383 e. The molecule has 19 heteroatoms. The molecule has 3 aliphatic heterocycles. The summed E-state index contributed by atoms with van der Waals surface area (Å²) in [6, 6.07) is 18.3. The topological polar surface area (TPSA) is 165 Å². The van der Waals surface area contributed by atoms with Gasteiger partial charge in [0.15, 0.2) is 10.3 Å². The van der Waals surface area contributed by atoms with E-state index in [1.807, 2.05) is 12.1 Å². The summed E-state index contributed by atoms with van der Waals surface area (Å²) in [5.41, 5.74) is 3.72. The fourth-order valence-electron chi connectivity index (χ4n) is 7.32. The molecule has 8 rings (SSSR count). The van der Waals surface area contributed by atoms with Crippen LogP contribution in [0, 0.1) is 0 Å². The second-order valence-electron chi connectivity index (χ2n) is 14.0. The molecule has 1 N–H and O–H groups in total. The van der Waals surface area contributed by atoms with Crippen LogP contribution in [0.4, 0.5) is 21.6 Å². The Balaban J connectivity index is 0.000000192. The first-order valence-electron chi connectivity index (χ1n) is 18.9. The SMILES string of the molecule is C=CCN(c1nccs1)S(=O)(=O)c1ccc(N2CC[C@@H](O)C2=O)cc1.C=CCN(c1nccs1)S(=O)(=O)c1ccc(N2CC[C@H](N3CCc4ccc(Cl)cc4C3)C2=O)cc1. The quantitative estimate of drug-likeness (QED) is 0.139. The van der Waals surface area contributed by atoms with Gasteiger partial charge in [-0.25, -0.2) is 35.4 Å². The first kappa shape index (κ1) is 43.1. The third-order valence-corrected chi connectivity index (χ3v) is 15.9. The lowest BCUT2D eigenvalue weighted by molar-refractivity contribution is -0.124. The number of aliphatic hydroxyl groups is 1. The molecule has 2 amide bonds. The van der Waals surface area contributed by atoms with Gasteiger partial charge in [0.25, 0.3) is 26.0 Å². The van der Waals surface area contributed by atoms with E-state index in [0.29, 0.717) is 52.7 Å². The van der Waals surface area contributed by atoms with Crippen LogP contribution < -0.4 is 18.4 Å². The Labute approximate surface area is 362 Å². The molecule has 0 saturated carbocycles. The van der Waals surface area contributed by atoms with Crippen LogP contribution in [0.2, 0.25) is 5.02 Å². The van der Waals surface area contributed by atoms with Crippen LogP contribution in [-0.2, 0) is 42.6 Å². The maximum Gasteiger partial charge on any atom is 0.266 e. The van der Waals surface area contributed by atoms with Gasteiger partial charge in [-0.3, -0.25) is 14.5 Å². The highest BCUT2D eigenvalue weighted by molar-refractivity contribution is 7.93. The van der Waals surface area contributed by atoms with Crippen LogP contribution in [0.15, 0.2) is 125 Å². The summed E-state index contributed by atoms with van der Waals surface area (Å²) in [5, 5.41) is 14.4. The molecule has 0 unspecified atom stereocenters. The van der Waals surface area contributed by atoms with Crippen LogP contribution in [0.1, 0.15) is 24.0 Å². The van der Waals surface area contributed by atoms with Gasteiger partial charge in [-0.05, 0) is 84.6 Å². The fraction of sp³-hybridized carbons (Fsp3) is 0.268. The fourth-order valence-corrected chi connectivity index (χ4v) is 12.1. The highest BCUT2D eigenvalue weighted by Crippen LogP contribution is 2.32. The molecule has 314 valence electrons. The number of amides is 2. The first-order chi connectivity index (χ1) is 28.8. The molecule has 5 aromatic rings. The third kappa shape index (κ3) is 8.90. The number of thiazole rings is 2. The second-order valence-corrected chi connectivity index (χ2v) is 19.9. The minimum atomic E-state index is -3.81. The summed E-state index contributed by atoms with van der Waals surface area (Å²) < 4.78 is 54.7. The number of aromatic nitrogens is 2. The molecule has 0 bridgehead atoms. The van der Waals surface area contributed by atoms with Gasteiger partial charge in [0.2, 0.25) is 5.91 Å². The number of anilines is 4. The number of hydrogen-bond acceptors (Lipinski definition) is 12. The summed E-state index contributed by atoms with van der Waals surface area (Å²) in [5.74, 6) is -0.325. The highest BCUT2D eigenvalue weighted by atomic mass is 35.5. The van der Waals surface area contributed by atoms with Crippen LogP contribution in [0.5, 0.6) is 0 Å². The predicted octanol–water partition coefficient (Wildman–Crippen LogP) is 5.96. The van der Waals surface area contributed by atoms with Gasteiger partial charge >= 0.3 is 0 Å². The smallest absolute Gasteiger partial charge is 0.266 e. The Morgan fingerprint density at radius 3 is 1.72 bits per heavy atom. The number of benzene rings is 3. The van der Waals surface area contributed by atoms with Gasteiger partial charge in [0.05, 0.1) is 28.9 Å². The van der Waals surface area contributed by atoms with Crippen molar-refractivity contribution in [1.82, 2.24) is 14.9 Å². The zero-order valence-electron chi connectivity index (χ0n) is 32.3. The number of fused-ring (bicyclic) bond motifs is 1. The zero-order valence-corrected chi connectivity index (χ0v) is 36.3.